The van der Waals surface area contributed by atoms with Crippen LogP contribution in [0.25, 0.3) is 10.9 Å². The molecule has 0 bridgehead atoms. The van der Waals surface area contributed by atoms with E-state index in [0.29, 0.717) is 30.4 Å². The highest BCUT2D eigenvalue weighted by Crippen LogP contribution is 2.33. The minimum Gasteiger partial charge on any atom is -0.497 e. The summed E-state index contributed by atoms with van der Waals surface area (Å²) in [5, 5.41) is 13.7. The third kappa shape index (κ3) is 5.02. The molecular formula is C27H31FN6O2. The highest BCUT2D eigenvalue weighted by Gasteiger charge is 2.29. The number of nitrogens with zero attached hydrogens (tertiary/aromatic N) is 5. The van der Waals surface area contributed by atoms with Gasteiger partial charge in [-0.2, -0.15) is 0 Å². The second-order valence-electron chi connectivity index (χ2n) is 9.45. The smallest absolute Gasteiger partial charge is 0.252 e. The average molecular weight is 491 g/mol. The summed E-state index contributed by atoms with van der Waals surface area (Å²) in [6.07, 6.45) is 5.26. The fourth-order valence-corrected chi connectivity index (χ4v) is 5.22. The summed E-state index contributed by atoms with van der Waals surface area (Å²) < 4.78 is 20.9. The van der Waals surface area contributed by atoms with Gasteiger partial charge in [-0.1, -0.05) is 31.9 Å². The van der Waals surface area contributed by atoms with E-state index in [1.54, 1.807) is 19.2 Å². The number of aromatic amines is 1. The summed E-state index contributed by atoms with van der Waals surface area (Å²) in [5.74, 6) is 1.23. The first kappa shape index (κ1) is 24.1. The van der Waals surface area contributed by atoms with Crippen molar-refractivity contribution in [2.45, 2.75) is 64.2 Å². The van der Waals surface area contributed by atoms with E-state index >= 15 is 0 Å². The van der Waals surface area contributed by atoms with E-state index in [1.165, 1.54) is 25.0 Å². The van der Waals surface area contributed by atoms with Crippen molar-refractivity contribution in [3.8, 4) is 5.75 Å². The monoisotopic (exact) mass is 490 g/mol. The van der Waals surface area contributed by atoms with E-state index in [2.05, 4.69) is 32.3 Å². The Morgan fingerprint density at radius 1 is 1.14 bits per heavy atom. The number of halogens is 1. The van der Waals surface area contributed by atoms with Crippen molar-refractivity contribution in [2.24, 2.45) is 0 Å². The molecular weight excluding hydrogens is 459 g/mol. The van der Waals surface area contributed by atoms with Gasteiger partial charge in [0.15, 0.2) is 5.82 Å². The zero-order chi connectivity index (χ0) is 25.1. The van der Waals surface area contributed by atoms with E-state index in [0.717, 1.165) is 41.6 Å². The Morgan fingerprint density at radius 2 is 1.92 bits per heavy atom. The van der Waals surface area contributed by atoms with Crippen molar-refractivity contribution in [3.05, 3.63) is 81.7 Å². The molecule has 5 rings (SSSR count). The molecule has 36 heavy (non-hydrogen) atoms. The molecule has 1 N–H and O–H groups in total. The molecule has 2 heterocycles. The van der Waals surface area contributed by atoms with Crippen LogP contribution in [0.5, 0.6) is 5.75 Å². The van der Waals surface area contributed by atoms with Gasteiger partial charge in [0.25, 0.3) is 5.56 Å². The Labute approximate surface area is 209 Å². The number of ether oxygens (including phenoxy) is 1. The highest BCUT2D eigenvalue weighted by molar-refractivity contribution is 5.80. The Morgan fingerprint density at radius 3 is 2.64 bits per heavy atom. The predicted octanol–water partition coefficient (Wildman–Crippen LogP) is 4.93. The van der Waals surface area contributed by atoms with Crippen molar-refractivity contribution >= 4 is 10.9 Å². The lowest BCUT2D eigenvalue weighted by molar-refractivity contribution is 0.158. The SMILES string of the molecule is CCC(c1nnnn1C1CCCC1)N(Cc1ccc(F)cc1)Cc1cc2ccc(OC)cc2[nH]c1=O. The van der Waals surface area contributed by atoms with Crippen LogP contribution in [0.2, 0.25) is 0 Å². The first-order chi connectivity index (χ1) is 17.6. The number of hydrogen-bond donors (Lipinski definition) is 1. The molecule has 1 saturated carbocycles. The molecule has 1 unspecified atom stereocenters. The van der Waals surface area contributed by atoms with Gasteiger partial charge in [0.1, 0.15) is 11.6 Å². The van der Waals surface area contributed by atoms with Gasteiger partial charge >= 0.3 is 0 Å². The fourth-order valence-electron chi connectivity index (χ4n) is 5.22. The first-order valence-corrected chi connectivity index (χ1v) is 12.5. The van der Waals surface area contributed by atoms with Crippen LogP contribution in [0.15, 0.2) is 53.3 Å². The number of benzene rings is 2. The number of methoxy groups -OCH3 is 1. The lowest BCUT2D eigenvalue weighted by Gasteiger charge is -2.31. The Hall–Kier alpha value is -3.59. The zero-order valence-electron chi connectivity index (χ0n) is 20.7. The molecule has 0 spiro atoms. The molecule has 0 amide bonds. The van der Waals surface area contributed by atoms with Crippen LogP contribution in [0.3, 0.4) is 0 Å². The summed E-state index contributed by atoms with van der Waals surface area (Å²) in [5.41, 5.74) is 2.18. The number of fused-ring (bicyclic) bond motifs is 1. The molecule has 1 aliphatic rings. The number of aromatic nitrogens is 5. The molecule has 0 aliphatic heterocycles. The lowest BCUT2D eigenvalue weighted by atomic mass is 10.1. The van der Waals surface area contributed by atoms with Crippen molar-refractivity contribution in [1.82, 2.24) is 30.1 Å². The summed E-state index contributed by atoms with van der Waals surface area (Å²) in [6, 6.07) is 14.3. The largest absolute Gasteiger partial charge is 0.497 e. The molecule has 2 aromatic carbocycles. The van der Waals surface area contributed by atoms with Gasteiger partial charge in [-0.15, -0.1) is 5.10 Å². The van der Waals surface area contributed by atoms with Gasteiger partial charge in [0.05, 0.1) is 24.7 Å². The molecule has 1 atom stereocenters. The number of H-pyrrole nitrogens is 1. The summed E-state index contributed by atoms with van der Waals surface area (Å²) >= 11 is 0. The Bertz CT molecular complexity index is 1380. The van der Waals surface area contributed by atoms with Gasteiger partial charge in [0.2, 0.25) is 0 Å². The first-order valence-electron chi connectivity index (χ1n) is 12.5. The van der Waals surface area contributed by atoms with E-state index in [-0.39, 0.29) is 17.4 Å². The third-order valence-electron chi connectivity index (χ3n) is 7.12. The van der Waals surface area contributed by atoms with Crippen LogP contribution in [0.4, 0.5) is 4.39 Å². The van der Waals surface area contributed by atoms with E-state index < -0.39 is 0 Å². The van der Waals surface area contributed by atoms with Gasteiger partial charge in [0, 0.05) is 24.7 Å². The molecule has 188 valence electrons. The van der Waals surface area contributed by atoms with Gasteiger partial charge in [-0.25, -0.2) is 9.07 Å². The van der Waals surface area contributed by atoms with Crippen LogP contribution in [-0.2, 0) is 13.1 Å². The van der Waals surface area contributed by atoms with Crippen LogP contribution in [0.1, 0.15) is 68.1 Å². The third-order valence-corrected chi connectivity index (χ3v) is 7.12. The minimum atomic E-state index is -0.274. The summed E-state index contributed by atoms with van der Waals surface area (Å²) in [7, 11) is 1.60. The van der Waals surface area contributed by atoms with Crippen LogP contribution in [0, 0.1) is 5.82 Å². The zero-order valence-corrected chi connectivity index (χ0v) is 20.7. The van der Waals surface area contributed by atoms with Crippen LogP contribution in [-0.4, -0.2) is 37.2 Å². The van der Waals surface area contributed by atoms with E-state index in [4.69, 9.17) is 4.74 Å². The standard InChI is InChI=1S/C27H31FN6O2/c1-3-25(26-30-31-32-34(26)22-6-4-5-7-22)33(16-18-8-11-21(28)12-9-18)17-20-14-19-10-13-23(36-2)15-24(19)29-27(20)35/h8-15,22,25H,3-7,16-17H2,1-2H3,(H,29,35). The number of nitrogens with one attached hydrogen (secondary N) is 1. The second kappa shape index (κ2) is 10.6. The van der Waals surface area contributed by atoms with Crippen molar-refractivity contribution in [2.75, 3.05) is 7.11 Å². The predicted molar refractivity (Wildman–Crippen MR) is 135 cm³/mol. The molecule has 0 saturated heterocycles. The maximum Gasteiger partial charge on any atom is 0.252 e. The Kier molecular flexibility index (Phi) is 7.09. The molecule has 1 fully saturated rings. The number of pyridine rings is 1. The quantitative estimate of drug-likeness (QED) is 0.358. The van der Waals surface area contributed by atoms with Gasteiger partial charge in [-0.05, 0) is 71.0 Å². The summed E-state index contributed by atoms with van der Waals surface area (Å²) in [6.45, 7) is 3.02. The Balaban J connectivity index is 1.52. The fraction of sp³-hybridized carbons (Fsp3) is 0.407. The van der Waals surface area contributed by atoms with E-state index in [9.17, 15) is 9.18 Å². The van der Waals surface area contributed by atoms with Gasteiger partial charge in [-0.3, -0.25) is 9.69 Å². The van der Waals surface area contributed by atoms with Crippen molar-refractivity contribution < 1.29 is 9.13 Å². The van der Waals surface area contributed by atoms with E-state index in [1.807, 2.05) is 28.9 Å². The van der Waals surface area contributed by atoms with Crippen molar-refractivity contribution in [1.29, 1.82) is 0 Å². The molecule has 9 heteroatoms. The normalized spacial score (nSPS) is 15.1. The lowest BCUT2D eigenvalue weighted by Crippen LogP contribution is -2.32. The molecule has 4 aromatic rings. The maximum atomic E-state index is 13.6. The molecule has 0 radical (unpaired) electrons. The van der Waals surface area contributed by atoms with Crippen molar-refractivity contribution in [3.63, 3.8) is 0 Å². The summed E-state index contributed by atoms with van der Waals surface area (Å²) in [4.78, 5) is 18.3. The number of hydrogen-bond acceptors (Lipinski definition) is 6. The maximum absolute atomic E-state index is 13.6. The molecule has 8 nitrogen and oxygen atoms in total. The average Bonchev–Trinajstić information content (AvgIpc) is 3.58. The van der Waals surface area contributed by atoms with Crippen LogP contribution < -0.4 is 10.3 Å². The highest BCUT2D eigenvalue weighted by atomic mass is 19.1. The van der Waals surface area contributed by atoms with Crippen LogP contribution >= 0.6 is 0 Å². The second-order valence-corrected chi connectivity index (χ2v) is 9.45. The topological polar surface area (TPSA) is 88.9 Å². The van der Waals surface area contributed by atoms with Gasteiger partial charge < -0.3 is 9.72 Å². The minimum absolute atomic E-state index is 0.114. The molecule has 2 aromatic heterocycles. The number of tetrazole rings is 1. The molecule has 1 aliphatic carbocycles. The number of rotatable bonds is 9.